The Morgan fingerprint density at radius 2 is 1.74 bits per heavy atom. The number of thiazole rings is 1. The van der Waals surface area contributed by atoms with Crippen molar-refractivity contribution in [1.29, 1.82) is 0 Å². The summed E-state index contributed by atoms with van der Waals surface area (Å²) in [5, 5.41) is 3.20. The summed E-state index contributed by atoms with van der Waals surface area (Å²) >= 11 is 3.25. The first-order chi connectivity index (χ1) is 13.1. The molecule has 0 aliphatic carbocycles. The van der Waals surface area contributed by atoms with Crippen LogP contribution in [0.2, 0.25) is 0 Å². The van der Waals surface area contributed by atoms with E-state index in [1.165, 1.54) is 0 Å². The van der Waals surface area contributed by atoms with Crippen LogP contribution in [-0.2, 0) is 0 Å². The smallest absolute Gasteiger partial charge is 0.227 e. The lowest BCUT2D eigenvalue weighted by atomic mass is 10.2. The Hall–Kier alpha value is -2.52. The standard InChI is InChI=1S/C18H20N4O3S2/c1-10-16(27-18(20-10)26-5)12-6-7-19-17(22-12)21-11-8-13(23-2)15(25-4)14(9-11)24-3/h6-9H,1-5H3,(H,19,21,22). The van der Waals surface area contributed by atoms with E-state index in [0.29, 0.717) is 23.2 Å². The summed E-state index contributed by atoms with van der Waals surface area (Å²) < 4.78 is 17.1. The molecular formula is C18H20N4O3S2. The van der Waals surface area contributed by atoms with Gasteiger partial charge in [0.1, 0.15) is 0 Å². The number of thioether (sulfide) groups is 1. The van der Waals surface area contributed by atoms with E-state index in [4.69, 9.17) is 14.2 Å². The molecule has 0 unspecified atom stereocenters. The molecule has 0 spiro atoms. The van der Waals surface area contributed by atoms with Crippen molar-refractivity contribution >= 4 is 34.7 Å². The zero-order valence-corrected chi connectivity index (χ0v) is 17.3. The second-order valence-electron chi connectivity index (χ2n) is 5.40. The number of hydrogen-bond acceptors (Lipinski definition) is 9. The van der Waals surface area contributed by atoms with Crippen molar-refractivity contribution in [3.8, 4) is 27.8 Å². The number of aryl methyl sites for hydroxylation is 1. The number of aromatic nitrogens is 3. The quantitative estimate of drug-likeness (QED) is 0.581. The van der Waals surface area contributed by atoms with E-state index >= 15 is 0 Å². The van der Waals surface area contributed by atoms with Gasteiger partial charge in [-0.1, -0.05) is 11.8 Å². The van der Waals surface area contributed by atoms with Gasteiger partial charge in [-0.2, -0.15) is 0 Å². The van der Waals surface area contributed by atoms with Gasteiger partial charge in [0.15, 0.2) is 15.8 Å². The number of methoxy groups -OCH3 is 3. The average Bonchev–Trinajstić information content (AvgIpc) is 3.08. The van der Waals surface area contributed by atoms with Crippen molar-refractivity contribution in [3.05, 3.63) is 30.1 Å². The summed E-state index contributed by atoms with van der Waals surface area (Å²) in [6, 6.07) is 5.49. The molecule has 1 N–H and O–H groups in total. The van der Waals surface area contributed by atoms with Gasteiger partial charge in [0.05, 0.1) is 37.6 Å². The highest BCUT2D eigenvalue weighted by Gasteiger charge is 2.15. The van der Waals surface area contributed by atoms with Crippen LogP contribution in [0.3, 0.4) is 0 Å². The van der Waals surface area contributed by atoms with Crippen LogP contribution in [0.4, 0.5) is 11.6 Å². The van der Waals surface area contributed by atoms with Crippen LogP contribution in [0, 0.1) is 6.92 Å². The Morgan fingerprint density at radius 1 is 1.04 bits per heavy atom. The van der Waals surface area contributed by atoms with E-state index in [-0.39, 0.29) is 0 Å². The molecule has 3 rings (SSSR count). The zero-order valence-electron chi connectivity index (χ0n) is 15.7. The third-order valence-corrected chi connectivity index (χ3v) is 5.93. The molecule has 2 heterocycles. The molecular weight excluding hydrogens is 384 g/mol. The molecule has 0 saturated carbocycles. The molecule has 1 aromatic carbocycles. The second-order valence-corrected chi connectivity index (χ2v) is 7.46. The molecule has 27 heavy (non-hydrogen) atoms. The SMILES string of the molecule is COc1cc(Nc2nccc(-c3sc(SC)nc3C)n2)cc(OC)c1OC. The minimum atomic E-state index is 0.472. The minimum Gasteiger partial charge on any atom is -0.493 e. The minimum absolute atomic E-state index is 0.472. The predicted molar refractivity (Wildman–Crippen MR) is 109 cm³/mol. The highest BCUT2D eigenvalue weighted by atomic mass is 32.2. The van der Waals surface area contributed by atoms with Gasteiger partial charge in [0, 0.05) is 24.0 Å². The Bertz CT molecular complexity index is 921. The van der Waals surface area contributed by atoms with Crippen molar-refractivity contribution < 1.29 is 14.2 Å². The van der Waals surface area contributed by atoms with Crippen molar-refractivity contribution in [2.45, 2.75) is 11.3 Å². The maximum absolute atomic E-state index is 5.39. The molecule has 2 aromatic heterocycles. The number of hydrogen-bond donors (Lipinski definition) is 1. The number of nitrogens with one attached hydrogen (secondary N) is 1. The van der Waals surface area contributed by atoms with Gasteiger partial charge in [-0.15, -0.1) is 11.3 Å². The van der Waals surface area contributed by atoms with E-state index in [1.807, 2.05) is 19.2 Å². The van der Waals surface area contributed by atoms with Gasteiger partial charge < -0.3 is 19.5 Å². The number of anilines is 2. The van der Waals surface area contributed by atoms with Crippen LogP contribution >= 0.6 is 23.1 Å². The number of benzene rings is 1. The summed E-state index contributed by atoms with van der Waals surface area (Å²) in [6.45, 7) is 1.99. The molecule has 0 aliphatic heterocycles. The lowest BCUT2D eigenvalue weighted by Crippen LogP contribution is -2.00. The Balaban J connectivity index is 1.93. The fraction of sp³-hybridized carbons (Fsp3) is 0.278. The first-order valence-electron chi connectivity index (χ1n) is 8.01. The van der Waals surface area contributed by atoms with Gasteiger partial charge in [-0.25, -0.2) is 15.0 Å². The maximum atomic E-state index is 5.39. The molecule has 0 atom stereocenters. The maximum Gasteiger partial charge on any atom is 0.227 e. The van der Waals surface area contributed by atoms with Gasteiger partial charge in [0.25, 0.3) is 0 Å². The van der Waals surface area contributed by atoms with Crippen molar-refractivity contribution in [3.63, 3.8) is 0 Å². The normalized spacial score (nSPS) is 10.6. The average molecular weight is 405 g/mol. The van der Waals surface area contributed by atoms with Crippen molar-refractivity contribution in [2.24, 2.45) is 0 Å². The second kappa shape index (κ2) is 8.45. The number of ether oxygens (including phenoxy) is 3. The zero-order chi connectivity index (χ0) is 19.4. The van der Waals surface area contributed by atoms with Crippen LogP contribution in [0.1, 0.15) is 5.69 Å². The van der Waals surface area contributed by atoms with Crippen LogP contribution in [-0.4, -0.2) is 42.5 Å². The molecule has 0 fully saturated rings. The fourth-order valence-electron chi connectivity index (χ4n) is 2.52. The number of rotatable bonds is 7. The summed E-state index contributed by atoms with van der Waals surface area (Å²) in [6.07, 6.45) is 3.74. The topological polar surface area (TPSA) is 78.4 Å². The molecule has 3 aromatic rings. The van der Waals surface area contributed by atoms with Gasteiger partial charge in [0.2, 0.25) is 11.7 Å². The van der Waals surface area contributed by atoms with E-state index in [2.05, 4.69) is 20.3 Å². The van der Waals surface area contributed by atoms with E-state index in [1.54, 1.807) is 62.8 Å². The summed E-state index contributed by atoms with van der Waals surface area (Å²) in [7, 11) is 4.72. The molecule has 0 amide bonds. The van der Waals surface area contributed by atoms with E-state index < -0.39 is 0 Å². The summed E-state index contributed by atoms with van der Waals surface area (Å²) in [5.74, 6) is 2.11. The highest BCUT2D eigenvalue weighted by molar-refractivity contribution is 8.00. The van der Waals surface area contributed by atoms with Crippen LogP contribution < -0.4 is 19.5 Å². The Morgan fingerprint density at radius 3 is 2.30 bits per heavy atom. The molecule has 9 heteroatoms. The fourth-order valence-corrected chi connectivity index (χ4v) is 4.10. The first-order valence-corrected chi connectivity index (χ1v) is 10.1. The van der Waals surface area contributed by atoms with E-state index in [9.17, 15) is 0 Å². The summed E-state index contributed by atoms with van der Waals surface area (Å²) in [5.41, 5.74) is 2.52. The Kier molecular flexibility index (Phi) is 6.02. The van der Waals surface area contributed by atoms with Gasteiger partial charge in [-0.05, 0) is 19.2 Å². The van der Waals surface area contributed by atoms with Crippen molar-refractivity contribution in [2.75, 3.05) is 32.9 Å². The molecule has 0 radical (unpaired) electrons. The van der Waals surface area contributed by atoms with Gasteiger partial charge >= 0.3 is 0 Å². The molecule has 0 saturated heterocycles. The number of nitrogens with zero attached hydrogens (tertiary/aromatic N) is 3. The Labute approximate surface area is 166 Å². The molecule has 0 bridgehead atoms. The largest absolute Gasteiger partial charge is 0.493 e. The van der Waals surface area contributed by atoms with Crippen molar-refractivity contribution in [1.82, 2.24) is 15.0 Å². The van der Waals surface area contributed by atoms with Crippen LogP contribution in [0.15, 0.2) is 28.7 Å². The van der Waals surface area contributed by atoms with Crippen LogP contribution in [0.5, 0.6) is 17.2 Å². The first kappa shape index (κ1) is 19.2. The predicted octanol–water partition coefficient (Wildman–Crippen LogP) is 4.40. The highest BCUT2D eigenvalue weighted by Crippen LogP contribution is 2.40. The third kappa shape index (κ3) is 4.09. The summed E-state index contributed by atoms with van der Waals surface area (Å²) in [4.78, 5) is 14.5. The third-order valence-electron chi connectivity index (χ3n) is 3.76. The van der Waals surface area contributed by atoms with E-state index in [0.717, 1.165) is 26.3 Å². The lowest BCUT2D eigenvalue weighted by molar-refractivity contribution is 0.324. The monoisotopic (exact) mass is 404 g/mol. The lowest BCUT2D eigenvalue weighted by Gasteiger charge is -2.14. The molecule has 0 aliphatic rings. The van der Waals surface area contributed by atoms with Gasteiger partial charge in [-0.3, -0.25) is 0 Å². The molecule has 142 valence electrons. The van der Waals surface area contributed by atoms with Crippen LogP contribution in [0.25, 0.3) is 10.6 Å². The molecule has 7 nitrogen and oxygen atoms in total.